The standard InChI is InChI=1S/C13H14F5NO3.ClH/c1-2-21-11(20)9(14)10(19)7-4-3-5-8(6-7)22-13(17,18)12(15)16;/h3-6,9-10,12H,2,19H2,1H3;1H/t9?,10-;/m0./s1. The van der Waals surface area contributed by atoms with Crippen molar-refractivity contribution in [2.75, 3.05) is 6.61 Å². The van der Waals surface area contributed by atoms with Crippen molar-refractivity contribution in [3.8, 4) is 5.75 Å². The maximum absolute atomic E-state index is 13.8. The highest BCUT2D eigenvalue weighted by Crippen LogP contribution is 2.29. The van der Waals surface area contributed by atoms with Crippen LogP contribution in [0, 0.1) is 0 Å². The highest BCUT2D eigenvalue weighted by molar-refractivity contribution is 5.85. The Kier molecular flexibility index (Phi) is 8.25. The summed E-state index contributed by atoms with van der Waals surface area (Å²) in [4.78, 5) is 11.2. The number of ether oxygens (including phenoxy) is 2. The molecular formula is C13H15ClF5NO3. The van der Waals surface area contributed by atoms with Gasteiger partial charge in [-0.15, -0.1) is 12.4 Å². The fourth-order valence-electron chi connectivity index (χ4n) is 1.52. The zero-order chi connectivity index (χ0) is 16.9. The number of hydrogen-bond donors (Lipinski definition) is 1. The summed E-state index contributed by atoms with van der Waals surface area (Å²) in [6, 6.07) is 2.72. The summed E-state index contributed by atoms with van der Waals surface area (Å²) in [7, 11) is 0. The Hall–Kier alpha value is -1.61. The van der Waals surface area contributed by atoms with E-state index in [1.54, 1.807) is 0 Å². The highest BCUT2D eigenvalue weighted by Gasteiger charge is 2.44. The van der Waals surface area contributed by atoms with Crippen molar-refractivity contribution >= 4 is 18.4 Å². The van der Waals surface area contributed by atoms with Gasteiger partial charge in [0.1, 0.15) is 5.75 Å². The molecular weight excluding hydrogens is 349 g/mol. The lowest BCUT2D eigenvalue weighted by Crippen LogP contribution is -2.34. The van der Waals surface area contributed by atoms with E-state index in [2.05, 4.69) is 9.47 Å². The zero-order valence-corrected chi connectivity index (χ0v) is 12.7. The molecule has 2 atom stereocenters. The van der Waals surface area contributed by atoms with Crippen LogP contribution in [-0.2, 0) is 9.53 Å². The SMILES string of the molecule is CCOC(=O)C(F)[C@@H](N)c1cccc(OC(F)(F)C(F)F)c1.Cl. The quantitative estimate of drug-likeness (QED) is 0.597. The van der Waals surface area contributed by atoms with Crippen LogP contribution in [0.3, 0.4) is 0 Å². The van der Waals surface area contributed by atoms with E-state index in [1.165, 1.54) is 13.0 Å². The highest BCUT2D eigenvalue weighted by atomic mass is 35.5. The molecule has 1 unspecified atom stereocenters. The first-order chi connectivity index (χ1) is 10.2. The molecule has 0 heterocycles. The summed E-state index contributed by atoms with van der Waals surface area (Å²) in [5.41, 5.74) is 5.41. The van der Waals surface area contributed by atoms with Gasteiger partial charge in [-0.1, -0.05) is 12.1 Å². The Morgan fingerprint density at radius 2 is 1.91 bits per heavy atom. The second kappa shape index (κ2) is 8.88. The number of carbonyl (C=O) groups excluding carboxylic acids is 1. The van der Waals surface area contributed by atoms with Crippen molar-refractivity contribution in [2.24, 2.45) is 5.73 Å². The van der Waals surface area contributed by atoms with Gasteiger partial charge in [0.05, 0.1) is 12.6 Å². The summed E-state index contributed by atoms with van der Waals surface area (Å²) < 4.78 is 71.8. The molecule has 1 aromatic rings. The van der Waals surface area contributed by atoms with Gasteiger partial charge in [-0.2, -0.15) is 17.6 Å². The molecule has 1 rings (SSSR count). The minimum Gasteiger partial charge on any atom is -0.464 e. The lowest BCUT2D eigenvalue weighted by Gasteiger charge is -2.19. The van der Waals surface area contributed by atoms with Crippen LogP contribution in [0.4, 0.5) is 22.0 Å². The lowest BCUT2D eigenvalue weighted by atomic mass is 10.0. The molecule has 4 nitrogen and oxygen atoms in total. The van der Waals surface area contributed by atoms with Gasteiger partial charge in [0.25, 0.3) is 0 Å². The van der Waals surface area contributed by atoms with Crippen LogP contribution in [0.2, 0.25) is 0 Å². The average molecular weight is 364 g/mol. The predicted molar refractivity (Wildman–Crippen MR) is 73.7 cm³/mol. The Balaban J connectivity index is 0.00000484. The first kappa shape index (κ1) is 21.4. The van der Waals surface area contributed by atoms with E-state index in [0.29, 0.717) is 0 Å². The van der Waals surface area contributed by atoms with Crippen molar-refractivity contribution in [1.82, 2.24) is 0 Å². The second-order valence-corrected chi connectivity index (χ2v) is 4.22. The Bertz CT molecular complexity index is 518. The number of carbonyl (C=O) groups is 1. The van der Waals surface area contributed by atoms with E-state index in [1.807, 2.05) is 0 Å². The van der Waals surface area contributed by atoms with E-state index >= 15 is 0 Å². The normalized spacial score (nSPS) is 13.9. The average Bonchev–Trinajstić information content (AvgIpc) is 2.45. The van der Waals surface area contributed by atoms with E-state index in [-0.39, 0.29) is 24.6 Å². The van der Waals surface area contributed by atoms with Gasteiger partial charge >= 0.3 is 18.5 Å². The Labute approximate surface area is 135 Å². The van der Waals surface area contributed by atoms with Gasteiger partial charge < -0.3 is 15.2 Å². The monoisotopic (exact) mass is 363 g/mol. The molecule has 23 heavy (non-hydrogen) atoms. The minimum absolute atomic E-state index is 0. The Morgan fingerprint density at radius 3 is 2.43 bits per heavy atom. The van der Waals surface area contributed by atoms with Gasteiger partial charge in [-0.05, 0) is 24.6 Å². The molecule has 0 bridgehead atoms. The molecule has 2 N–H and O–H groups in total. The molecule has 132 valence electrons. The maximum atomic E-state index is 13.8. The second-order valence-electron chi connectivity index (χ2n) is 4.22. The minimum atomic E-state index is -4.70. The summed E-state index contributed by atoms with van der Waals surface area (Å²) in [6.07, 6.45) is -11.0. The van der Waals surface area contributed by atoms with Crippen LogP contribution in [0.25, 0.3) is 0 Å². The lowest BCUT2D eigenvalue weighted by molar-refractivity contribution is -0.253. The van der Waals surface area contributed by atoms with Crippen molar-refractivity contribution in [3.63, 3.8) is 0 Å². The van der Waals surface area contributed by atoms with E-state index in [9.17, 15) is 26.7 Å². The van der Waals surface area contributed by atoms with Crippen LogP contribution < -0.4 is 10.5 Å². The van der Waals surface area contributed by atoms with E-state index in [0.717, 1.165) is 18.2 Å². The zero-order valence-electron chi connectivity index (χ0n) is 11.8. The molecule has 0 aliphatic rings. The summed E-state index contributed by atoms with van der Waals surface area (Å²) >= 11 is 0. The molecule has 0 spiro atoms. The van der Waals surface area contributed by atoms with Gasteiger partial charge in [-0.3, -0.25) is 0 Å². The van der Waals surface area contributed by atoms with Gasteiger partial charge in [0.2, 0.25) is 6.17 Å². The van der Waals surface area contributed by atoms with E-state index in [4.69, 9.17) is 5.73 Å². The van der Waals surface area contributed by atoms with Crippen molar-refractivity contribution in [2.45, 2.75) is 31.7 Å². The van der Waals surface area contributed by atoms with Gasteiger partial charge in [0.15, 0.2) is 0 Å². The number of rotatable bonds is 7. The smallest absolute Gasteiger partial charge is 0.461 e. The fraction of sp³-hybridized carbons (Fsp3) is 0.462. The van der Waals surface area contributed by atoms with Crippen LogP contribution in [0.5, 0.6) is 5.75 Å². The Morgan fingerprint density at radius 1 is 1.30 bits per heavy atom. The van der Waals surface area contributed by atoms with Crippen LogP contribution in [0.1, 0.15) is 18.5 Å². The third-order valence-corrected chi connectivity index (χ3v) is 2.58. The van der Waals surface area contributed by atoms with Crippen molar-refractivity contribution in [3.05, 3.63) is 29.8 Å². The number of nitrogens with two attached hydrogens (primary N) is 1. The molecule has 0 fully saturated rings. The molecule has 0 saturated carbocycles. The number of halogens is 6. The van der Waals surface area contributed by atoms with E-state index < -0.39 is 36.5 Å². The summed E-state index contributed by atoms with van der Waals surface area (Å²) in [5, 5.41) is 0. The predicted octanol–water partition coefficient (Wildman–Crippen LogP) is 3.25. The topological polar surface area (TPSA) is 61.5 Å². The summed E-state index contributed by atoms with van der Waals surface area (Å²) in [5.74, 6) is -1.84. The molecule has 0 radical (unpaired) electrons. The molecule has 0 saturated heterocycles. The number of benzene rings is 1. The van der Waals surface area contributed by atoms with Gasteiger partial charge in [0, 0.05) is 0 Å². The van der Waals surface area contributed by atoms with Crippen LogP contribution >= 0.6 is 12.4 Å². The van der Waals surface area contributed by atoms with Crippen molar-refractivity contribution < 1.29 is 36.2 Å². The maximum Gasteiger partial charge on any atom is 0.461 e. The fourth-order valence-corrected chi connectivity index (χ4v) is 1.52. The van der Waals surface area contributed by atoms with Crippen LogP contribution in [0.15, 0.2) is 24.3 Å². The third kappa shape index (κ3) is 5.83. The molecule has 1 aromatic carbocycles. The first-order valence-electron chi connectivity index (χ1n) is 6.20. The molecule has 0 aromatic heterocycles. The molecule has 0 amide bonds. The van der Waals surface area contributed by atoms with Crippen molar-refractivity contribution in [1.29, 1.82) is 0 Å². The van der Waals surface area contributed by atoms with Gasteiger partial charge in [-0.25, -0.2) is 9.18 Å². The third-order valence-electron chi connectivity index (χ3n) is 2.58. The molecule has 0 aliphatic heterocycles. The number of esters is 1. The summed E-state index contributed by atoms with van der Waals surface area (Å²) in [6.45, 7) is 1.41. The molecule has 10 heteroatoms. The number of alkyl halides is 5. The largest absolute Gasteiger partial charge is 0.464 e. The first-order valence-corrected chi connectivity index (χ1v) is 6.20. The molecule has 0 aliphatic carbocycles. The number of hydrogen-bond acceptors (Lipinski definition) is 4. The van der Waals surface area contributed by atoms with Crippen LogP contribution in [-0.4, -0.2) is 31.3 Å².